The van der Waals surface area contributed by atoms with Gasteiger partial charge in [-0.3, -0.25) is 29.6 Å². The lowest BCUT2D eigenvalue weighted by molar-refractivity contribution is -0.120. The fraction of sp³-hybridized carbons (Fsp3) is 0.425. The maximum atomic E-state index is 13.6. The number of imide groups is 1. The van der Waals surface area contributed by atoms with Gasteiger partial charge in [-0.2, -0.15) is 0 Å². The summed E-state index contributed by atoms with van der Waals surface area (Å²) in [6.45, 7) is 4.32. The minimum absolute atomic E-state index is 0.0144. The molecule has 3 fully saturated rings. The highest BCUT2D eigenvalue weighted by Crippen LogP contribution is 2.43. The molecule has 5 heterocycles. The molecular formula is C40H46N6O8. The lowest BCUT2D eigenvalue weighted by Crippen LogP contribution is -2.49. The summed E-state index contributed by atoms with van der Waals surface area (Å²) < 4.78 is 25.2. The smallest absolute Gasteiger partial charge is 0.328 e. The van der Waals surface area contributed by atoms with Crippen LogP contribution in [0.15, 0.2) is 59.8 Å². The summed E-state index contributed by atoms with van der Waals surface area (Å²) in [6.07, 6.45) is 8.82. The SMILES string of the molecule is COc1cc(-c2cn(C)c(=O)c3cnccc23)c(OC)cc1OC1CCN(CC2CCN(C(=O)c3ccc(OC)c(N4CCC(=O)NC4=O)c3)CC2)CC1. The van der Waals surface area contributed by atoms with E-state index in [0.29, 0.717) is 58.6 Å². The fourth-order valence-electron chi connectivity index (χ4n) is 7.78. The molecule has 54 heavy (non-hydrogen) atoms. The lowest BCUT2D eigenvalue weighted by Gasteiger charge is -2.38. The fourth-order valence-corrected chi connectivity index (χ4v) is 7.78. The van der Waals surface area contributed by atoms with Gasteiger partial charge >= 0.3 is 6.03 Å². The second-order valence-corrected chi connectivity index (χ2v) is 14.1. The van der Waals surface area contributed by atoms with E-state index in [1.807, 2.05) is 23.1 Å². The van der Waals surface area contributed by atoms with E-state index in [0.717, 1.165) is 61.8 Å². The van der Waals surface area contributed by atoms with E-state index in [2.05, 4.69) is 15.2 Å². The van der Waals surface area contributed by atoms with Crippen molar-refractivity contribution in [3.05, 3.63) is 70.9 Å². The number of carbonyl (C=O) groups is 3. The zero-order valence-corrected chi connectivity index (χ0v) is 31.1. The van der Waals surface area contributed by atoms with Crippen LogP contribution in [-0.2, 0) is 11.8 Å². The van der Waals surface area contributed by atoms with Gasteiger partial charge in [-0.05, 0) is 67.3 Å². The van der Waals surface area contributed by atoms with E-state index in [4.69, 9.17) is 18.9 Å². The van der Waals surface area contributed by atoms with Gasteiger partial charge in [-0.25, -0.2) is 4.79 Å². The van der Waals surface area contributed by atoms with Crippen LogP contribution in [0.4, 0.5) is 10.5 Å². The number of anilines is 1. The molecule has 3 aliphatic rings. The molecule has 0 unspecified atom stereocenters. The van der Waals surface area contributed by atoms with Crippen molar-refractivity contribution in [3.8, 4) is 34.1 Å². The molecule has 4 aromatic rings. The molecule has 3 aliphatic heterocycles. The maximum absolute atomic E-state index is 13.6. The molecular weight excluding hydrogens is 692 g/mol. The number of hydrogen-bond donors (Lipinski definition) is 1. The third-order valence-corrected chi connectivity index (χ3v) is 10.8. The quantitative estimate of drug-likeness (QED) is 0.248. The van der Waals surface area contributed by atoms with Gasteiger partial charge in [0.05, 0.1) is 32.4 Å². The van der Waals surface area contributed by atoms with Crippen molar-refractivity contribution >= 4 is 34.3 Å². The van der Waals surface area contributed by atoms with Crippen molar-refractivity contribution in [1.29, 1.82) is 0 Å². The summed E-state index contributed by atoms with van der Waals surface area (Å²) in [6, 6.07) is 10.2. The number of aromatic nitrogens is 2. The Morgan fingerprint density at radius 2 is 1.56 bits per heavy atom. The van der Waals surface area contributed by atoms with E-state index < -0.39 is 6.03 Å². The van der Waals surface area contributed by atoms with Gasteiger partial charge in [0.25, 0.3) is 11.5 Å². The first kappa shape index (κ1) is 36.7. The van der Waals surface area contributed by atoms with Crippen LogP contribution in [0.5, 0.6) is 23.0 Å². The number of urea groups is 1. The zero-order valence-electron chi connectivity index (χ0n) is 31.1. The second-order valence-electron chi connectivity index (χ2n) is 14.1. The number of piperidine rings is 2. The van der Waals surface area contributed by atoms with Crippen LogP contribution in [0.25, 0.3) is 21.9 Å². The largest absolute Gasteiger partial charge is 0.496 e. The van der Waals surface area contributed by atoms with E-state index in [1.165, 1.54) is 12.0 Å². The second kappa shape index (κ2) is 15.8. The number of rotatable bonds is 10. The Balaban J connectivity index is 0.939. The van der Waals surface area contributed by atoms with Gasteiger partial charge in [-0.15, -0.1) is 0 Å². The van der Waals surface area contributed by atoms with Gasteiger partial charge in [0, 0.05) is 94.1 Å². The van der Waals surface area contributed by atoms with Crippen LogP contribution in [-0.4, -0.2) is 104 Å². The molecule has 7 rings (SSSR count). The molecule has 14 heteroatoms. The number of likely N-dealkylation sites (tertiary alicyclic amines) is 2. The third-order valence-electron chi connectivity index (χ3n) is 10.8. The molecule has 3 saturated heterocycles. The number of methoxy groups -OCH3 is 3. The molecule has 0 saturated carbocycles. The highest BCUT2D eigenvalue weighted by atomic mass is 16.5. The van der Waals surface area contributed by atoms with Crippen LogP contribution in [0.3, 0.4) is 0 Å². The van der Waals surface area contributed by atoms with Crippen molar-refractivity contribution in [2.45, 2.75) is 38.2 Å². The van der Waals surface area contributed by atoms with Crippen molar-refractivity contribution in [1.82, 2.24) is 24.7 Å². The first-order valence-electron chi connectivity index (χ1n) is 18.3. The number of hydrogen-bond acceptors (Lipinski definition) is 10. The van der Waals surface area contributed by atoms with Gasteiger partial charge < -0.3 is 33.3 Å². The summed E-state index contributed by atoms with van der Waals surface area (Å²) in [5, 5.41) is 3.64. The number of aryl methyl sites for hydroxylation is 1. The first-order chi connectivity index (χ1) is 26.2. The van der Waals surface area contributed by atoms with E-state index in [9.17, 15) is 19.2 Å². The van der Waals surface area contributed by atoms with Gasteiger partial charge in [0.15, 0.2) is 11.5 Å². The molecule has 14 nitrogen and oxygen atoms in total. The summed E-state index contributed by atoms with van der Waals surface area (Å²) in [4.78, 5) is 60.5. The predicted molar refractivity (Wildman–Crippen MR) is 203 cm³/mol. The van der Waals surface area contributed by atoms with E-state index in [-0.39, 0.29) is 36.4 Å². The Labute approximate surface area is 313 Å². The van der Waals surface area contributed by atoms with Crippen molar-refractivity contribution in [3.63, 3.8) is 0 Å². The number of amides is 4. The number of ether oxygens (including phenoxy) is 4. The van der Waals surface area contributed by atoms with Crippen LogP contribution >= 0.6 is 0 Å². The molecule has 2 aromatic heterocycles. The molecule has 1 N–H and O–H groups in total. The standard InChI is InChI=1S/C40H46N6O8/c1-43-24-31(28-7-13-41-22-30(28)39(43)49)29-20-35(53-4)36(21-34(29)52-3)54-27-10-14-44(15-11-27)23-25-8-16-45(17-9-25)38(48)26-5-6-33(51-2)32(19-26)46-18-12-37(47)42-40(46)50/h5-7,13,19-22,24-25,27H,8-12,14-18,23H2,1-4H3,(H,42,47,50). The number of pyridine rings is 2. The molecule has 4 amide bonds. The summed E-state index contributed by atoms with van der Waals surface area (Å²) in [5.41, 5.74) is 2.45. The summed E-state index contributed by atoms with van der Waals surface area (Å²) in [5.74, 6) is 2.36. The Kier molecular flexibility index (Phi) is 10.7. The minimum Gasteiger partial charge on any atom is -0.496 e. The number of carbonyl (C=O) groups excluding carboxylic acids is 3. The van der Waals surface area contributed by atoms with Crippen molar-refractivity contribution in [2.75, 3.05) is 65.5 Å². The third kappa shape index (κ3) is 7.43. The van der Waals surface area contributed by atoms with Crippen LogP contribution in [0.1, 0.15) is 42.5 Å². The molecule has 284 valence electrons. The molecule has 0 atom stereocenters. The van der Waals surface area contributed by atoms with E-state index >= 15 is 0 Å². The highest BCUT2D eigenvalue weighted by Gasteiger charge is 2.31. The maximum Gasteiger partial charge on any atom is 0.328 e. The zero-order chi connectivity index (χ0) is 37.9. The molecule has 2 aromatic carbocycles. The number of benzene rings is 2. The monoisotopic (exact) mass is 738 g/mol. The number of nitrogens with zero attached hydrogens (tertiary/aromatic N) is 5. The minimum atomic E-state index is -0.522. The Bertz CT molecular complexity index is 2120. The Morgan fingerprint density at radius 1 is 0.815 bits per heavy atom. The Hall–Kier alpha value is -5.63. The molecule has 0 spiro atoms. The normalized spacial score (nSPS) is 17.4. The number of fused-ring (bicyclic) bond motifs is 1. The van der Waals surface area contributed by atoms with E-state index in [1.54, 1.807) is 62.6 Å². The molecule has 0 radical (unpaired) electrons. The average Bonchev–Trinajstić information content (AvgIpc) is 3.19. The topological polar surface area (TPSA) is 145 Å². The van der Waals surface area contributed by atoms with Crippen molar-refractivity contribution in [2.24, 2.45) is 13.0 Å². The van der Waals surface area contributed by atoms with Gasteiger partial charge in [0.2, 0.25) is 5.91 Å². The van der Waals surface area contributed by atoms with Crippen molar-refractivity contribution < 1.29 is 33.3 Å². The first-order valence-corrected chi connectivity index (χ1v) is 18.3. The summed E-state index contributed by atoms with van der Waals surface area (Å²) >= 11 is 0. The van der Waals surface area contributed by atoms with Gasteiger partial charge in [0.1, 0.15) is 17.6 Å². The Morgan fingerprint density at radius 3 is 2.26 bits per heavy atom. The van der Waals surface area contributed by atoms with Gasteiger partial charge in [-0.1, -0.05) is 0 Å². The van der Waals surface area contributed by atoms with Crippen LogP contribution in [0.2, 0.25) is 0 Å². The average molecular weight is 739 g/mol. The van der Waals surface area contributed by atoms with Crippen LogP contribution < -0.4 is 34.7 Å². The molecule has 0 aliphatic carbocycles. The van der Waals surface area contributed by atoms with Crippen LogP contribution in [0, 0.1) is 5.92 Å². The summed E-state index contributed by atoms with van der Waals surface area (Å²) in [7, 11) is 6.48. The number of nitrogens with one attached hydrogen (secondary N) is 1. The predicted octanol–water partition coefficient (Wildman–Crippen LogP) is 4.47. The lowest BCUT2D eigenvalue weighted by atomic mass is 9.94. The molecule has 0 bridgehead atoms. The highest BCUT2D eigenvalue weighted by molar-refractivity contribution is 6.07.